The third-order valence-corrected chi connectivity index (χ3v) is 6.52. The second-order valence-electron chi connectivity index (χ2n) is 6.74. The fourth-order valence-corrected chi connectivity index (χ4v) is 4.66. The number of sulfonamides is 1. The van der Waals surface area contributed by atoms with E-state index < -0.39 is 16.6 Å². The van der Waals surface area contributed by atoms with Crippen LogP contribution in [0.2, 0.25) is 0 Å². The van der Waals surface area contributed by atoms with Crippen LogP contribution in [0.5, 0.6) is 5.75 Å². The van der Waals surface area contributed by atoms with E-state index in [1.807, 2.05) is 0 Å². The first-order chi connectivity index (χ1) is 13.8. The second-order valence-corrected chi connectivity index (χ2v) is 8.67. The van der Waals surface area contributed by atoms with Gasteiger partial charge in [-0.1, -0.05) is 18.6 Å². The molecule has 1 heterocycles. The third-order valence-electron chi connectivity index (χ3n) is 4.60. The van der Waals surface area contributed by atoms with Crippen molar-refractivity contribution in [1.82, 2.24) is 4.31 Å². The molecule has 0 unspecified atom stereocenters. The summed E-state index contributed by atoms with van der Waals surface area (Å²) >= 11 is 0. The van der Waals surface area contributed by atoms with Crippen molar-refractivity contribution >= 4 is 21.6 Å². The van der Waals surface area contributed by atoms with Gasteiger partial charge in [-0.25, -0.2) is 8.42 Å². The third kappa shape index (κ3) is 5.74. The molecule has 0 atom stereocenters. The van der Waals surface area contributed by atoms with Crippen molar-refractivity contribution in [1.29, 1.82) is 0 Å². The van der Waals surface area contributed by atoms with Crippen LogP contribution in [-0.4, -0.2) is 38.3 Å². The van der Waals surface area contributed by atoms with E-state index in [2.05, 4.69) is 10.1 Å². The normalized spacial score (nSPS) is 15.3. The van der Waals surface area contributed by atoms with Crippen LogP contribution in [0, 0.1) is 0 Å². The van der Waals surface area contributed by atoms with E-state index in [-0.39, 0.29) is 23.0 Å². The minimum Gasteiger partial charge on any atom is -0.435 e. The number of halogens is 2. The summed E-state index contributed by atoms with van der Waals surface area (Å²) in [6, 6.07) is 11.9. The number of carbonyl (C=O) groups excluding carboxylic acids is 1. The molecule has 0 bridgehead atoms. The van der Waals surface area contributed by atoms with Crippen molar-refractivity contribution in [2.75, 3.05) is 18.4 Å². The lowest BCUT2D eigenvalue weighted by Crippen LogP contribution is -2.35. The van der Waals surface area contributed by atoms with E-state index >= 15 is 0 Å². The summed E-state index contributed by atoms with van der Waals surface area (Å²) < 4.78 is 55.3. The largest absolute Gasteiger partial charge is 0.435 e. The Hall–Kier alpha value is -2.52. The van der Waals surface area contributed by atoms with Gasteiger partial charge in [0.05, 0.1) is 11.3 Å². The Bertz CT molecular complexity index is 926. The number of amides is 1. The minimum atomic E-state index is -3.51. The standard InChI is InChI=1S/C20H22F2N2O4S/c21-20(22)28-17-8-4-15(5-9-17)14-19(25)23-16-6-10-18(11-7-16)29(26,27)24-12-2-1-3-13-24/h4-11,20H,1-3,12-14H2,(H,23,25). The molecule has 2 aromatic rings. The molecule has 1 aliphatic heterocycles. The number of nitrogens with one attached hydrogen (secondary N) is 1. The van der Waals surface area contributed by atoms with Gasteiger partial charge >= 0.3 is 6.61 Å². The molecule has 0 aliphatic carbocycles. The van der Waals surface area contributed by atoms with Gasteiger partial charge in [-0.05, 0) is 54.8 Å². The Morgan fingerprint density at radius 2 is 1.62 bits per heavy atom. The molecule has 1 saturated heterocycles. The molecule has 0 aromatic heterocycles. The molecule has 2 aromatic carbocycles. The van der Waals surface area contributed by atoms with E-state index in [4.69, 9.17) is 0 Å². The van der Waals surface area contributed by atoms with Gasteiger partial charge in [0.1, 0.15) is 5.75 Å². The summed E-state index contributed by atoms with van der Waals surface area (Å²) in [7, 11) is -3.51. The first kappa shape index (κ1) is 21.2. The smallest absolute Gasteiger partial charge is 0.387 e. The molecule has 1 fully saturated rings. The molecular weight excluding hydrogens is 402 g/mol. The molecular formula is C20H22F2N2O4S. The van der Waals surface area contributed by atoms with Gasteiger partial charge in [-0.2, -0.15) is 13.1 Å². The lowest BCUT2D eigenvalue weighted by atomic mass is 10.1. The van der Waals surface area contributed by atoms with E-state index in [1.165, 1.54) is 40.7 Å². The number of carbonyl (C=O) groups is 1. The fourth-order valence-electron chi connectivity index (χ4n) is 3.14. The number of hydrogen-bond acceptors (Lipinski definition) is 4. The van der Waals surface area contributed by atoms with Gasteiger partial charge in [-0.15, -0.1) is 0 Å². The van der Waals surface area contributed by atoms with Crippen LogP contribution >= 0.6 is 0 Å². The van der Waals surface area contributed by atoms with Crippen molar-refractivity contribution in [3.63, 3.8) is 0 Å². The van der Waals surface area contributed by atoms with Gasteiger partial charge in [0.15, 0.2) is 0 Å². The summed E-state index contributed by atoms with van der Waals surface area (Å²) in [5.74, 6) is -0.283. The predicted octanol–water partition coefficient (Wildman–Crippen LogP) is 3.64. The van der Waals surface area contributed by atoms with Crippen LogP contribution in [-0.2, 0) is 21.2 Å². The van der Waals surface area contributed by atoms with Crippen LogP contribution in [0.1, 0.15) is 24.8 Å². The molecule has 3 rings (SSSR count). The van der Waals surface area contributed by atoms with Gasteiger partial charge < -0.3 is 10.1 Å². The topological polar surface area (TPSA) is 75.7 Å². The Labute approximate surface area is 168 Å². The number of anilines is 1. The highest BCUT2D eigenvalue weighted by molar-refractivity contribution is 7.89. The van der Waals surface area contributed by atoms with E-state index in [0.717, 1.165) is 19.3 Å². The highest BCUT2D eigenvalue weighted by Crippen LogP contribution is 2.22. The molecule has 1 amide bonds. The molecule has 29 heavy (non-hydrogen) atoms. The molecule has 0 saturated carbocycles. The second kappa shape index (κ2) is 9.32. The van der Waals surface area contributed by atoms with E-state index in [0.29, 0.717) is 24.3 Å². The van der Waals surface area contributed by atoms with Gasteiger partial charge in [0, 0.05) is 18.8 Å². The maximum atomic E-state index is 12.6. The summed E-state index contributed by atoms with van der Waals surface area (Å²) in [6.07, 6.45) is 2.81. The van der Waals surface area contributed by atoms with Crippen LogP contribution in [0.3, 0.4) is 0 Å². The van der Waals surface area contributed by atoms with Gasteiger partial charge in [-0.3, -0.25) is 4.79 Å². The Balaban J connectivity index is 1.58. The molecule has 0 spiro atoms. The van der Waals surface area contributed by atoms with E-state index in [1.54, 1.807) is 12.1 Å². The lowest BCUT2D eigenvalue weighted by Gasteiger charge is -2.25. The molecule has 1 aliphatic rings. The molecule has 156 valence electrons. The highest BCUT2D eigenvalue weighted by atomic mass is 32.2. The number of ether oxygens (including phenoxy) is 1. The Morgan fingerprint density at radius 3 is 2.21 bits per heavy atom. The Kier molecular flexibility index (Phi) is 6.81. The minimum absolute atomic E-state index is 0.0228. The van der Waals surface area contributed by atoms with Crippen molar-refractivity contribution in [2.45, 2.75) is 37.2 Å². The van der Waals surface area contributed by atoms with Gasteiger partial charge in [0.2, 0.25) is 15.9 Å². The number of piperidine rings is 1. The number of hydrogen-bond donors (Lipinski definition) is 1. The van der Waals surface area contributed by atoms with Crippen LogP contribution in [0.15, 0.2) is 53.4 Å². The number of nitrogens with zero attached hydrogens (tertiary/aromatic N) is 1. The van der Waals surface area contributed by atoms with E-state index in [9.17, 15) is 22.0 Å². The maximum Gasteiger partial charge on any atom is 0.387 e. The average molecular weight is 424 g/mol. The maximum absolute atomic E-state index is 12.6. The molecule has 9 heteroatoms. The fraction of sp³-hybridized carbons (Fsp3) is 0.350. The van der Waals surface area contributed by atoms with Crippen LogP contribution < -0.4 is 10.1 Å². The summed E-state index contributed by atoms with van der Waals surface area (Å²) in [4.78, 5) is 12.4. The lowest BCUT2D eigenvalue weighted by molar-refractivity contribution is -0.115. The SMILES string of the molecule is O=C(Cc1ccc(OC(F)F)cc1)Nc1ccc(S(=O)(=O)N2CCCCC2)cc1. The summed E-state index contributed by atoms with van der Waals surface area (Å²) in [5.41, 5.74) is 1.11. The van der Waals surface area contributed by atoms with Crippen molar-refractivity contribution in [3.05, 3.63) is 54.1 Å². The van der Waals surface area contributed by atoms with Crippen molar-refractivity contribution in [2.24, 2.45) is 0 Å². The first-order valence-electron chi connectivity index (χ1n) is 9.28. The Morgan fingerprint density at radius 1 is 1.00 bits per heavy atom. The number of rotatable bonds is 7. The molecule has 6 nitrogen and oxygen atoms in total. The summed E-state index contributed by atoms with van der Waals surface area (Å²) in [6.45, 7) is -1.84. The van der Waals surface area contributed by atoms with Crippen LogP contribution in [0.25, 0.3) is 0 Å². The quantitative estimate of drug-likeness (QED) is 0.736. The van der Waals surface area contributed by atoms with Gasteiger partial charge in [0.25, 0.3) is 0 Å². The number of alkyl halides is 2. The zero-order chi connectivity index (χ0) is 20.9. The van der Waals surface area contributed by atoms with Crippen molar-refractivity contribution in [3.8, 4) is 5.75 Å². The first-order valence-corrected chi connectivity index (χ1v) is 10.7. The predicted molar refractivity (Wildman–Crippen MR) is 104 cm³/mol. The monoisotopic (exact) mass is 424 g/mol. The number of benzene rings is 2. The van der Waals surface area contributed by atoms with Crippen LogP contribution in [0.4, 0.5) is 14.5 Å². The average Bonchev–Trinajstić information content (AvgIpc) is 2.70. The van der Waals surface area contributed by atoms with Crippen molar-refractivity contribution < 1.29 is 26.7 Å². The summed E-state index contributed by atoms with van der Waals surface area (Å²) in [5, 5.41) is 2.70. The molecule has 0 radical (unpaired) electrons. The zero-order valence-corrected chi connectivity index (χ0v) is 16.5. The zero-order valence-electron chi connectivity index (χ0n) is 15.7. The highest BCUT2D eigenvalue weighted by Gasteiger charge is 2.25. The molecule has 1 N–H and O–H groups in total.